The summed E-state index contributed by atoms with van der Waals surface area (Å²) in [5.41, 5.74) is 0. The van der Waals surface area contributed by atoms with Crippen LogP contribution in [0.2, 0.25) is 0 Å². The van der Waals surface area contributed by atoms with Crippen molar-refractivity contribution in [3.63, 3.8) is 0 Å². The van der Waals surface area contributed by atoms with Crippen LogP contribution in [-0.2, 0) is 0 Å². The Morgan fingerprint density at radius 3 is 1.89 bits per heavy atom. The summed E-state index contributed by atoms with van der Waals surface area (Å²) in [7, 11) is 0.469. The van der Waals surface area contributed by atoms with Crippen molar-refractivity contribution in [3.05, 3.63) is 0 Å². The molecule has 1 heterocycles. The minimum atomic E-state index is 0.469. The molecular weight excluding hydrogens is 128 g/mol. The molecule has 0 radical (unpaired) electrons. The Morgan fingerprint density at radius 2 is 1.56 bits per heavy atom. The fourth-order valence-corrected chi connectivity index (χ4v) is 3.95. The quantitative estimate of drug-likeness (QED) is 0.540. The molecule has 0 bridgehead atoms. The lowest BCUT2D eigenvalue weighted by atomic mass is 10.3. The summed E-state index contributed by atoms with van der Waals surface area (Å²) in [6, 6.07) is 0. The van der Waals surface area contributed by atoms with Gasteiger partial charge in [-0.25, -0.2) is 0 Å². The SMILES string of the molecule is CC(C)[SH]1CCCCC1. The molecule has 56 valence electrons. The highest BCUT2D eigenvalue weighted by molar-refractivity contribution is 8.17. The van der Waals surface area contributed by atoms with Gasteiger partial charge in [-0.15, -0.1) is 0 Å². The van der Waals surface area contributed by atoms with Crippen LogP contribution < -0.4 is 0 Å². The highest BCUT2D eigenvalue weighted by atomic mass is 32.2. The summed E-state index contributed by atoms with van der Waals surface area (Å²) in [6.07, 6.45) is 4.54. The van der Waals surface area contributed by atoms with Gasteiger partial charge >= 0.3 is 0 Å². The third-order valence-corrected chi connectivity index (χ3v) is 5.36. The summed E-state index contributed by atoms with van der Waals surface area (Å²) in [4.78, 5) is 0. The van der Waals surface area contributed by atoms with Gasteiger partial charge < -0.3 is 0 Å². The molecule has 0 spiro atoms. The first kappa shape index (κ1) is 7.46. The number of hydrogen-bond donors (Lipinski definition) is 1. The number of rotatable bonds is 1. The van der Waals surface area contributed by atoms with E-state index >= 15 is 0 Å². The molecule has 1 heteroatoms. The van der Waals surface area contributed by atoms with E-state index in [0.717, 1.165) is 5.25 Å². The molecule has 0 aromatic heterocycles. The van der Waals surface area contributed by atoms with Crippen molar-refractivity contribution in [1.29, 1.82) is 0 Å². The lowest BCUT2D eigenvalue weighted by Gasteiger charge is -2.29. The molecule has 1 rings (SSSR count). The van der Waals surface area contributed by atoms with Gasteiger partial charge in [-0.05, 0) is 29.6 Å². The standard InChI is InChI=1S/C8H18S/c1-8(2)9-6-4-3-5-7-9/h8-9H,3-7H2,1-2H3. The van der Waals surface area contributed by atoms with Crippen LogP contribution in [0.1, 0.15) is 33.1 Å². The van der Waals surface area contributed by atoms with Crippen molar-refractivity contribution >= 4 is 10.9 Å². The molecule has 0 N–H and O–H groups in total. The lowest BCUT2D eigenvalue weighted by Crippen LogP contribution is -2.09. The van der Waals surface area contributed by atoms with E-state index < -0.39 is 0 Å². The first-order chi connectivity index (χ1) is 4.30. The Bertz CT molecular complexity index is 72.6. The van der Waals surface area contributed by atoms with Gasteiger partial charge in [-0.2, -0.15) is 0 Å². The molecule has 0 saturated carbocycles. The molecular formula is C8H18S. The minimum Gasteiger partial charge on any atom is -0.251 e. The lowest BCUT2D eigenvalue weighted by molar-refractivity contribution is 0.754. The Labute approximate surface area is 61.4 Å². The van der Waals surface area contributed by atoms with Crippen molar-refractivity contribution in [2.45, 2.75) is 38.4 Å². The average molecular weight is 146 g/mol. The van der Waals surface area contributed by atoms with Crippen LogP contribution in [-0.4, -0.2) is 16.8 Å². The smallest absolute Gasteiger partial charge is 0.0193 e. The third-order valence-electron chi connectivity index (χ3n) is 2.12. The van der Waals surface area contributed by atoms with E-state index in [-0.39, 0.29) is 0 Å². The molecule has 1 aliphatic rings. The summed E-state index contributed by atoms with van der Waals surface area (Å²) in [5, 5.41) is 1.00. The Kier molecular flexibility index (Phi) is 2.90. The van der Waals surface area contributed by atoms with E-state index in [0.29, 0.717) is 10.9 Å². The van der Waals surface area contributed by atoms with E-state index in [2.05, 4.69) is 13.8 Å². The Balaban J connectivity index is 2.23. The van der Waals surface area contributed by atoms with Gasteiger partial charge in [0.1, 0.15) is 0 Å². The van der Waals surface area contributed by atoms with Gasteiger partial charge in [-0.1, -0.05) is 20.3 Å². The summed E-state index contributed by atoms with van der Waals surface area (Å²) >= 11 is 0. The zero-order valence-corrected chi connectivity index (χ0v) is 7.45. The molecule has 1 fully saturated rings. The molecule has 0 aliphatic carbocycles. The van der Waals surface area contributed by atoms with Crippen molar-refractivity contribution in [2.24, 2.45) is 0 Å². The van der Waals surface area contributed by atoms with Gasteiger partial charge in [0.25, 0.3) is 0 Å². The van der Waals surface area contributed by atoms with E-state index in [1.165, 1.54) is 19.3 Å². The normalized spacial score (nSPS) is 25.0. The molecule has 0 unspecified atom stereocenters. The van der Waals surface area contributed by atoms with Crippen LogP contribution in [0.15, 0.2) is 0 Å². The Morgan fingerprint density at radius 1 is 1.00 bits per heavy atom. The number of thiol groups is 1. The van der Waals surface area contributed by atoms with Crippen LogP contribution in [0, 0.1) is 0 Å². The first-order valence-electron chi connectivity index (χ1n) is 4.05. The monoisotopic (exact) mass is 146 g/mol. The maximum atomic E-state index is 2.39. The van der Waals surface area contributed by atoms with Crippen LogP contribution in [0.5, 0.6) is 0 Å². The van der Waals surface area contributed by atoms with Crippen LogP contribution in [0.3, 0.4) is 0 Å². The summed E-state index contributed by atoms with van der Waals surface area (Å²) < 4.78 is 0. The van der Waals surface area contributed by atoms with Gasteiger partial charge in [0.15, 0.2) is 0 Å². The van der Waals surface area contributed by atoms with E-state index in [1.54, 1.807) is 11.5 Å². The largest absolute Gasteiger partial charge is 0.251 e. The molecule has 9 heavy (non-hydrogen) atoms. The maximum Gasteiger partial charge on any atom is -0.0193 e. The Hall–Kier alpha value is 0.350. The van der Waals surface area contributed by atoms with E-state index in [1.807, 2.05) is 0 Å². The highest BCUT2D eigenvalue weighted by Crippen LogP contribution is 2.36. The summed E-state index contributed by atoms with van der Waals surface area (Å²) in [5.74, 6) is 3.12. The fourth-order valence-electron chi connectivity index (χ4n) is 1.43. The molecule has 0 amide bonds. The minimum absolute atomic E-state index is 0.469. The van der Waals surface area contributed by atoms with E-state index in [9.17, 15) is 0 Å². The molecule has 0 atom stereocenters. The molecule has 0 aromatic carbocycles. The van der Waals surface area contributed by atoms with Crippen LogP contribution in [0.25, 0.3) is 0 Å². The first-order valence-corrected chi connectivity index (χ1v) is 5.83. The second kappa shape index (κ2) is 3.50. The predicted octanol–water partition coefficient (Wildman–Crippen LogP) is 2.58. The topological polar surface area (TPSA) is 0 Å². The maximum absolute atomic E-state index is 2.39. The van der Waals surface area contributed by atoms with Crippen molar-refractivity contribution in [3.8, 4) is 0 Å². The molecule has 0 nitrogen and oxygen atoms in total. The summed E-state index contributed by atoms with van der Waals surface area (Å²) in [6.45, 7) is 4.77. The van der Waals surface area contributed by atoms with Crippen molar-refractivity contribution < 1.29 is 0 Å². The third kappa shape index (κ3) is 2.21. The molecule has 0 aromatic rings. The number of hydrogen-bond acceptors (Lipinski definition) is 0. The molecule has 1 saturated heterocycles. The van der Waals surface area contributed by atoms with Crippen molar-refractivity contribution in [2.75, 3.05) is 11.5 Å². The second-order valence-electron chi connectivity index (χ2n) is 3.19. The van der Waals surface area contributed by atoms with Crippen molar-refractivity contribution in [1.82, 2.24) is 0 Å². The zero-order valence-electron chi connectivity index (χ0n) is 6.56. The van der Waals surface area contributed by atoms with E-state index in [4.69, 9.17) is 0 Å². The van der Waals surface area contributed by atoms with Crippen LogP contribution in [0.4, 0.5) is 0 Å². The molecule has 1 aliphatic heterocycles. The second-order valence-corrected chi connectivity index (χ2v) is 6.30. The highest BCUT2D eigenvalue weighted by Gasteiger charge is 2.11. The van der Waals surface area contributed by atoms with Crippen LogP contribution >= 0.6 is 10.9 Å². The van der Waals surface area contributed by atoms with Gasteiger partial charge in [0, 0.05) is 0 Å². The van der Waals surface area contributed by atoms with Gasteiger partial charge in [0.2, 0.25) is 0 Å². The fraction of sp³-hybridized carbons (Fsp3) is 1.00. The van der Waals surface area contributed by atoms with Gasteiger partial charge in [0.05, 0.1) is 0 Å². The predicted molar refractivity (Wildman–Crippen MR) is 47.7 cm³/mol. The average Bonchev–Trinajstić information content (AvgIpc) is 1.90. The zero-order chi connectivity index (χ0) is 6.69. The van der Waals surface area contributed by atoms with Gasteiger partial charge in [-0.3, -0.25) is 10.9 Å².